The number of amides is 2. The van der Waals surface area contributed by atoms with Crippen LogP contribution in [0.25, 0.3) is 11.3 Å². The lowest BCUT2D eigenvalue weighted by molar-refractivity contribution is 0.179. The van der Waals surface area contributed by atoms with Crippen molar-refractivity contribution in [1.29, 1.82) is 0 Å². The number of likely N-dealkylation sites (tertiary alicyclic amines) is 1. The van der Waals surface area contributed by atoms with Crippen molar-refractivity contribution < 1.29 is 9.53 Å². The van der Waals surface area contributed by atoms with Gasteiger partial charge in [0.05, 0.1) is 25.0 Å². The summed E-state index contributed by atoms with van der Waals surface area (Å²) in [5.74, 6) is 0.654. The number of methoxy groups -OCH3 is 1. The summed E-state index contributed by atoms with van der Waals surface area (Å²) in [4.78, 5) is 14.4. The molecule has 0 atom stereocenters. The van der Waals surface area contributed by atoms with Gasteiger partial charge in [0.1, 0.15) is 11.4 Å². The van der Waals surface area contributed by atoms with Crippen LogP contribution in [0.3, 0.4) is 0 Å². The second-order valence-electron chi connectivity index (χ2n) is 6.80. The first-order chi connectivity index (χ1) is 13.7. The van der Waals surface area contributed by atoms with Gasteiger partial charge in [0.25, 0.3) is 0 Å². The van der Waals surface area contributed by atoms with Crippen molar-refractivity contribution in [3.05, 3.63) is 60.8 Å². The van der Waals surface area contributed by atoms with Gasteiger partial charge in [-0.3, -0.25) is 0 Å². The van der Waals surface area contributed by atoms with Gasteiger partial charge in [-0.2, -0.15) is 0 Å². The standard InChI is InChI=1S/C21H23N5O2/c1-28-20-10-6-5-9-18(20)22-21(27)25-13-11-17(12-14-25)26-15-19(23-24-26)16-7-3-2-4-8-16/h2-10,15,17H,11-14H2,1H3,(H,22,27). The highest BCUT2D eigenvalue weighted by molar-refractivity contribution is 5.91. The maximum absolute atomic E-state index is 12.6. The van der Waals surface area contributed by atoms with Crippen LogP contribution in [0.15, 0.2) is 60.8 Å². The molecule has 4 rings (SSSR count). The summed E-state index contributed by atoms with van der Waals surface area (Å²) in [6.45, 7) is 1.35. The molecule has 3 aromatic rings. The smallest absolute Gasteiger partial charge is 0.321 e. The fourth-order valence-corrected chi connectivity index (χ4v) is 3.47. The first kappa shape index (κ1) is 18.0. The molecule has 28 heavy (non-hydrogen) atoms. The van der Waals surface area contributed by atoms with Gasteiger partial charge in [-0.15, -0.1) is 5.10 Å². The Hall–Kier alpha value is -3.35. The lowest BCUT2D eigenvalue weighted by Crippen LogP contribution is -2.41. The minimum Gasteiger partial charge on any atom is -0.495 e. The van der Waals surface area contributed by atoms with Crippen LogP contribution in [0.2, 0.25) is 0 Å². The molecule has 0 aliphatic carbocycles. The second kappa shape index (κ2) is 8.12. The number of carbonyl (C=O) groups is 1. The number of urea groups is 1. The minimum absolute atomic E-state index is 0.105. The molecule has 1 aliphatic rings. The first-order valence-corrected chi connectivity index (χ1v) is 9.41. The van der Waals surface area contributed by atoms with Crippen molar-refractivity contribution >= 4 is 11.7 Å². The molecule has 2 heterocycles. The van der Waals surface area contributed by atoms with Gasteiger partial charge in [-0.25, -0.2) is 9.48 Å². The first-order valence-electron chi connectivity index (χ1n) is 9.41. The van der Waals surface area contributed by atoms with E-state index in [-0.39, 0.29) is 12.1 Å². The second-order valence-corrected chi connectivity index (χ2v) is 6.80. The van der Waals surface area contributed by atoms with Crippen LogP contribution in [0, 0.1) is 0 Å². The highest BCUT2D eigenvalue weighted by Crippen LogP contribution is 2.26. The van der Waals surface area contributed by atoms with E-state index in [9.17, 15) is 4.79 Å². The fourth-order valence-electron chi connectivity index (χ4n) is 3.47. The van der Waals surface area contributed by atoms with Crippen LogP contribution >= 0.6 is 0 Å². The van der Waals surface area contributed by atoms with E-state index in [1.807, 2.05) is 70.4 Å². The van der Waals surface area contributed by atoms with Crippen LogP contribution in [0.1, 0.15) is 18.9 Å². The summed E-state index contributed by atoms with van der Waals surface area (Å²) in [6.07, 6.45) is 3.68. The molecule has 0 spiro atoms. The summed E-state index contributed by atoms with van der Waals surface area (Å²) in [6, 6.07) is 17.6. The average Bonchev–Trinajstić information content (AvgIpc) is 3.25. The predicted molar refractivity (Wildman–Crippen MR) is 107 cm³/mol. The lowest BCUT2D eigenvalue weighted by Gasteiger charge is -2.32. The lowest BCUT2D eigenvalue weighted by atomic mass is 10.1. The Morgan fingerprint density at radius 3 is 2.54 bits per heavy atom. The van der Waals surface area contributed by atoms with Crippen LogP contribution < -0.4 is 10.1 Å². The molecule has 144 valence electrons. The van der Waals surface area contributed by atoms with E-state index >= 15 is 0 Å². The number of hydrogen-bond donors (Lipinski definition) is 1. The van der Waals surface area contributed by atoms with Crippen molar-refractivity contribution in [2.75, 3.05) is 25.5 Å². The van der Waals surface area contributed by atoms with E-state index in [0.717, 1.165) is 24.1 Å². The van der Waals surface area contributed by atoms with E-state index < -0.39 is 0 Å². The maximum atomic E-state index is 12.6. The van der Waals surface area contributed by atoms with Crippen LogP contribution in [0.5, 0.6) is 5.75 Å². The molecule has 0 unspecified atom stereocenters. The topological polar surface area (TPSA) is 72.3 Å². The normalized spacial score (nSPS) is 14.7. The molecule has 0 saturated carbocycles. The summed E-state index contributed by atoms with van der Waals surface area (Å²) in [7, 11) is 1.60. The van der Waals surface area contributed by atoms with Gasteiger partial charge in [0, 0.05) is 18.7 Å². The van der Waals surface area contributed by atoms with Crippen LogP contribution in [-0.2, 0) is 0 Å². The van der Waals surface area contributed by atoms with Gasteiger partial charge in [-0.05, 0) is 25.0 Å². The van der Waals surface area contributed by atoms with Crippen molar-refractivity contribution in [3.63, 3.8) is 0 Å². The molecule has 0 bridgehead atoms. The monoisotopic (exact) mass is 377 g/mol. The largest absolute Gasteiger partial charge is 0.495 e. The Balaban J connectivity index is 1.36. The number of para-hydroxylation sites is 2. The molecule has 1 N–H and O–H groups in total. The molecule has 7 nitrogen and oxygen atoms in total. The maximum Gasteiger partial charge on any atom is 0.321 e. The van der Waals surface area contributed by atoms with Gasteiger partial charge in [-0.1, -0.05) is 47.7 Å². The molecule has 7 heteroatoms. The molecule has 1 aliphatic heterocycles. The summed E-state index contributed by atoms with van der Waals surface area (Å²) >= 11 is 0. The summed E-state index contributed by atoms with van der Waals surface area (Å²) in [5, 5.41) is 11.5. The fraction of sp³-hybridized carbons (Fsp3) is 0.286. The molecule has 1 fully saturated rings. The van der Waals surface area contributed by atoms with Crippen molar-refractivity contribution in [1.82, 2.24) is 19.9 Å². The Kier molecular flexibility index (Phi) is 5.23. The minimum atomic E-state index is -0.105. The molecule has 1 aromatic heterocycles. The number of benzene rings is 2. The highest BCUT2D eigenvalue weighted by atomic mass is 16.5. The number of nitrogens with zero attached hydrogens (tertiary/aromatic N) is 4. The molecule has 2 aromatic carbocycles. The molecular formula is C21H23N5O2. The quantitative estimate of drug-likeness (QED) is 0.750. The zero-order valence-electron chi connectivity index (χ0n) is 15.8. The zero-order chi connectivity index (χ0) is 19.3. The van der Waals surface area contributed by atoms with Crippen molar-refractivity contribution in [2.24, 2.45) is 0 Å². The third-order valence-corrected chi connectivity index (χ3v) is 5.05. The number of piperidine rings is 1. The van der Waals surface area contributed by atoms with Gasteiger partial charge >= 0.3 is 6.03 Å². The van der Waals surface area contributed by atoms with E-state index in [1.165, 1.54) is 0 Å². The summed E-state index contributed by atoms with van der Waals surface area (Å²) in [5.41, 5.74) is 2.61. The molecule has 1 saturated heterocycles. The number of aromatic nitrogens is 3. The van der Waals surface area contributed by atoms with E-state index in [1.54, 1.807) is 7.11 Å². The van der Waals surface area contributed by atoms with E-state index in [2.05, 4.69) is 15.6 Å². The number of nitrogens with one attached hydrogen (secondary N) is 1. The summed E-state index contributed by atoms with van der Waals surface area (Å²) < 4.78 is 7.22. The van der Waals surface area contributed by atoms with Gasteiger partial charge < -0.3 is 15.0 Å². The third kappa shape index (κ3) is 3.83. The Labute approximate surface area is 163 Å². The number of hydrogen-bond acceptors (Lipinski definition) is 4. The van der Waals surface area contributed by atoms with Crippen LogP contribution in [-0.4, -0.2) is 46.1 Å². The highest BCUT2D eigenvalue weighted by Gasteiger charge is 2.25. The number of ether oxygens (including phenoxy) is 1. The molecule has 2 amide bonds. The van der Waals surface area contributed by atoms with Gasteiger partial charge in [0.2, 0.25) is 0 Å². The average molecular weight is 377 g/mol. The number of carbonyl (C=O) groups excluding carboxylic acids is 1. The predicted octanol–water partition coefficient (Wildman–Crippen LogP) is 3.82. The van der Waals surface area contributed by atoms with Crippen molar-refractivity contribution in [2.45, 2.75) is 18.9 Å². The molecular weight excluding hydrogens is 354 g/mol. The Morgan fingerprint density at radius 1 is 1.07 bits per heavy atom. The van der Waals surface area contributed by atoms with E-state index in [0.29, 0.717) is 24.5 Å². The van der Waals surface area contributed by atoms with Gasteiger partial charge in [0.15, 0.2) is 0 Å². The zero-order valence-corrected chi connectivity index (χ0v) is 15.8. The van der Waals surface area contributed by atoms with Crippen molar-refractivity contribution in [3.8, 4) is 17.0 Å². The molecule has 0 radical (unpaired) electrons. The number of rotatable bonds is 4. The Morgan fingerprint density at radius 2 is 1.79 bits per heavy atom. The Bertz CT molecular complexity index is 933. The SMILES string of the molecule is COc1ccccc1NC(=O)N1CCC(n2cc(-c3ccccc3)nn2)CC1. The van der Waals surface area contributed by atoms with E-state index in [4.69, 9.17) is 4.74 Å². The third-order valence-electron chi connectivity index (χ3n) is 5.05. The van der Waals surface area contributed by atoms with Crippen LogP contribution in [0.4, 0.5) is 10.5 Å². The number of anilines is 1.